The van der Waals surface area contributed by atoms with Gasteiger partial charge < -0.3 is 10.4 Å². The number of pyridine rings is 1. The fourth-order valence-electron chi connectivity index (χ4n) is 2.82. The number of aliphatic hydroxyl groups excluding tert-OH is 1. The lowest BCUT2D eigenvalue weighted by Gasteiger charge is -2.35. The SMILES string of the molecule is Cc1ccn2nc(NC3(CO)CCCCC3)nc2c1. The normalized spacial score (nSPS) is 18.6. The minimum Gasteiger partial charge on any atom is -0.394 e. The van der Waals surface area contributed by atoms with Gasteiger partial charge in [-0.05, 0) is 37.5 Å². The topological polar surface area (TPSA) is 62.5 Å². The van der Waals surface area contributed by atoms with Crippen molar-refractivity contribution in [2.24, 2.45) is 0 Å². The number of nitrogens with zero attached hydrogens (tertiary/aromatic N) is 3. The van der Waals surface area contributed by atoms with Crippen LogP contribution < -0.4 is 5.32 Å². The zero-order chi connectivity index (χ0) is 13.3. The molecule has 0 saturated heterocycles. The largest absolute Gasteiger partial charge is 0.394 e. The number of anilines is 1. The van der Waals surface area contributed by atoms with Crippen LogP contribution in [0.25, 0.3) is 5.65 Å². The Labute approximate surface area is 112 Å². The van der Waals surface area contributed by atoms with Gasteiger partial charge in [-0.3, -0.25) is 0 Å². The summed E-state index contributed by atoms with van der Waals surface area (Å²) in [7, 11) is 0. The van der Waals surface area contributed by atoms with Gasteiger partial charge in [0.05, 0.1) is 12.1 Å². The van der Waals surface area contributed by atoms with E-state index < -0.39 is 0 Å². The Morgan fingerprint density at radius 3 is 2.89 bits per heavy atom. The first-order chi connectivity index (χ1) is 9.21. The van der Waals surface area contributed by atoms with Gasteiger partial charge in [0.1, 0.15) is 0 Å². The first-order valence-corrected chi connectivity index (χ1v) is 6.93. The van der Waals surface area contributed by atoms with E-state index in [1.54, 1.807) is 4.52 Å². The zero-order valence-corrected chi connectivity index (χ0v) is 11.3. The van der Waals surface area contributed by atoms with Gasteiger partial charge in [0.25, 0.3) is 0 Å². The van der Waals surface area contributed by atoms with Crippen LogP contribution in [0.4, 0.5) is 5.95 Å². The third kappa shape index (κ3) is 2.42. The summed E-state index contributed by atoms with van der Waals surface area (Å²) in [5.74, 6) is 0.613. The minimum atomic E-state index is -0.238. The average Bonchev–Trinajstić information content (AvgIpc) is 2.81. The maximum Gasteiger partial charge on any atom is 0.243 e. The summed E-state index contributed by atoms with van der Waals surface area (Å²) in [5, 5.41) is 17.5. The number of nitrogens with one attached hydrogen (secondary N) is 1. The summed E-state index contributed by atoms with van der Waals surface area (Å²) >= 11 is 0. The molecule has 2 aromatic heterocycles. The molecule has 1 aliphatic carbocycles. The van der Waals surface area contributed by atoms with Crippen molar-refractivity contribution < 1.29 is 5.11 Å². The summed E-state index contributed by atoms with van der Waals surface area (Å²) in [6.07, 6.45) is 7.44. The van der Waals surface area contributed by atoms with Gasteiger partial charge in [-0.2, -0.15) is 4.98 Å². The van der Waals surface area contributed by atoms with E-state index in [2.05, 4.69) is 15.4 Å². The standard InChI is InChI=1S/C14H20N4O/c1-11-5-8-18-12(9-11)15-13(17-18)16-14(10-19)6-3-2-4-7-14/h5,8-9,19H,2-4,6-7,10H2,1H3,(H,16,17). The summed E-state index contributed by atoms with van der Waals surface area (Å²) in [6, 6.07) is 4.01. The van der Waals surface area contributed by atoms with Crippen LogP contribution in [-0.2, 0) is 0 Å². The van der Waals surface area contributed by atoms with Gasteiger partial charge in [-0.25, -0.2) is 4.52 Å². The fraction of sp³-hybridized carbons (Fsp3) is 0.571. The van der Waals surface area contributed by atoms with Gasteiger partial charge in [0, 0.05) is 6.20 Å². The van der Waals surface area contributed by atoms with E-state index in [1.165, 1.54) is 12.0 Å². The minimum absolute atomic E-state index is 0.140. The highest BCUT2D eigenvalue weighted by Gasteiger charge is 2.32. The highest BCUT2D eigenvalue weighted by atomic mass is 16.3. The molecular weight excluding hydrogens is 240 g/mol. The molecule has 1 saturated carbocycles. The van der Waals surface area contributed by atoms with E-state index in [4.69, 9.17) is 0 Å². The molecule has 0 aromatic carbocycles. The first-order valence-electron chi connectivity index (χ1n) is 6.93. The predicted octanol–water partition coefficient (Wildman–Crippen LogP) is 2.14. The van der Waals surface area contributed by atoms with E-state index in [-0.39, 0.29) is 12.1 Å². The quantitative estimate of drug-likeness (QED) is 0.887. The number of hydrogen-bond acceptors (Lipinski definition) is 4. The van der Waals surface area contributed by atoms with E-state index in [1.807, 2.05) is 25.3 Å². The zero-order valence-electron chi connectivity index (χ0n) is 11.3. The number of rotatable bonds is 3. The van der Waals surface area contributed by atoms with Gasteiger partial charge in [0.2, 0.25) is 5.95 Å². The predicted molar refractivity (Wildman–Crippen MR) is 74.2 cm³/mol. The molecule has 5 nitrogen and oxygen atoms in total. The highest BCUT2D eigenvalue weighted by Crippen LogP contribution is 2.30. The van der Waals surface area contributed by atoms with Crippen LogP contribution in [0.5, 0.6) is 0 Å². The fourth-order valence-corrected chi connectivity index (χ4v) is 2.82. The Hall–Kier alpha value is -1.62. The molecule has 2 heterocycles. The van der Waals surface area contributed by atoms with Crippen LogP contribution >= 0.6 is 0 Å². The lowest BCUT2D eigenvalue weighted by molar-refractivity contribution is 0.172. The maximum absolute atomic E-state index is 9.70. The van der Waals surface area contributed by atoms with Crippen molar-refractivity contribution in [2.75, 3.05) is 11.9 Å². The summed E-state index contributed by atoms with van der Waals surface area (Å²) in [4.78, 5) is 4.49. The number of aliphatic hydroxyl groups is 1. The number of aryl methyl sites for hydroxylation is 1. The highest BCUT2D eigenvalue weighted by molar-refractivity contribution is 5.46. The van der Waals surface area contributed by atoms with Crippen molar-refractivity contribution in [3.8, 4) is 0 Å². The molecular formula is C14H20N4O. The Kier molecular flexibility index (Phi) is 3.14. The molecule has 19 heavy (non-hydrogen) atoms. The summed E-state index contributed by atoms with van der Waals surface area (Å²) < 4.78 is 1.77. The van der Waals surface area contributed by atoms with E-state index in [0.717, 1.165) is 31.3 Å². The second kappa shape index (κ2) is 4.81. The van der Waals surface area contributed by atoms with Crippen molar-refractivity contribution >= 4 is 11.6 Å². The Morgan fingerprint density at radius 1 is 1.37 bits per heavy atom. The second-order valence-corrected chi connectivity index (χ2v) is 5.57. The Morgan fingerprint density at radius 2 is 2.16 bits per heavy atom. The lowest BCUT2D eigenvalue weighted by atomic mass is 9.82. The monoisotopic (exact) mass is 260 g/mol. The summed E-state index contributed by atoms with van der Waals surface area (Å²) in [5.41, 5.74) is 1.77. The van der Waals surface area contributed by atoms with E-state index in [0.29, 0.717) is 5.95 Å². The molecule has 0 unspecified atom stereocenters. The third-order valence-corrected chi connectivity index (χ3v) is 3.98. The van der Waals surface area contributed by atoms with Crippen molar-refractivity contribution in [2.45, 2.75) is 44.6 Å². The molecule has 2 N–H and O–H groups in total. The number of aromatic nitrogens is 3. The van der Waals surface area contributed by atoms with Crippen molar-refractivity contribution in [1.82, 2.24) is 14.6 Å². The molecule has 0 atom stereocenters. The molecule has 0 amide bonds. The average molecular weight is 260 g/mol. The van der Waals surface area contributed by atoms with Crippen molar-refractivity contribution in [3.05, 3.63) is 23.9 Å². The molecule has 3 rings (SSSR count). The molecule has 1 fully saturated rings. The van der Waals surface area contributed by atoms with Crippen LogP contribution in [0.1, 0.15) is 37.7 Å². The van der Waals surface area contributed by atoms with Crippen molar-refractivity contribution in [1.29, 1.82) is 0 Å². The molecule has 0 radical (unpaired) electrons. The molecule has 0 aliphatic heterocycles. The molecule has 5 heteroatoms. The van der Waals surface area contributed by atoms with E-state index in [9.17, 15) is 5.11 Å². The summed E-state index contributed by atoms with van der Waals surface area (Å²) in [6.45, 7) is 2.18. The third-order valence-electron chi connectivity index (χ3n) is 3.98. The van der Waals surface area contributed by atoms with Gasteiger partial charge in [-0.15, -0.1) is 5.10 Å². The Balaban J connectivity index is 1.87. The number of fused-ring (bicyclic) bond motifs is 1. The molecule has 1 aliphatic rings. The maximum atomic E-state index is 9.70. The van der Waals surface area contributed by atoms with Crippen molar-refractivity contribution in [3.63, 3.8) is 0 Å². The van der Waals surface area contributed by atoms with Crippen LogP contribution in [0.15, 0.2) is 18.3 Å². The second-order valence-electron chi connectivity index (χ2n) is 5.57. The molecule has 0 bridgehead atoms. The number of hydrogen-bond donors (Lipinski definition) is 2. The lowest BCUT2D eigenvalue weighted by Crippen LogP contribution is -2.44. The van der Waals surface area contributed by atoms with Gasteiger partial charge in [-0.1, -0.05) is 19.3 Å². The van der Waals surface area contributed by atoms with Crippen LogP contribution in [0.2, 0.25) is 0 Å². The van der Waals surface area contributed by atoms with Crippen LogP contribution in [0, 0.1) is 6.92 Å². The van der Waals surface area contributed by atoms with Gasteiger partial charge in [0.15, 0.2) is 5.65 Å². The van der Waals surface area contributed by atoms with E-state index >= 15 is 0 Å². The first kappa shape index (κ1) is 12.4. The molecule has 0 spiro atoms. The molecule has 102 valence electrons. The molecule has 2 aromatic rings. The Bertz CT molecular complexity index is 572. The van der Waals surface area contributed by atoms with Gasteiger partial charge >= 0.3 is 0 Å². The van der Waals surface area contributed by atoms with Crippen LogP contribution in [-0.4, -0.2) is 31.9 Å². The smallest absolute Gasteiger partial charge is 0.243 e. The van der Waals surface area contributed by atoms with Crippen LogP contribution in [0.3, 0.4) is 0 Å².